The van der Waals surface area contributed by atoms with E-state index in [1.807, 2.05) is 55.5 Å². The number of hydrogen-bond acceptors (Lipinski definition) is 5. The molecule has 3 rings (SSSR count). The van der Waals surface area contributed by atoms with E-state index in [9.17, 15) is 9.59 Å². The number of aryl methyl sites for hydroxylation is 1. The van der Waals surface area contributed by atoms with Gasteiger partial charge in [-0.15, -0.1) is 0 Å². The smallest absolute Gasteiger partial charge is 0.339 e. The Bertz CT molecular complexity index is 999. The van der Waals surface area contributed by atoms with Crippen LogP contribution in [-0.4, -0.2) is 30.1 Å². The first-order valence-electron chi connectivity index (χ1n) is 8.96. The molecule has 1 atom stereocenters. The number of esters is 1. The first kappa shape index (κ1) is 19.4. The third-order valence-electron chi connectivity index (χ3n) is 4.34. The molecule has 0 unspecified atom stereocenters. The zero-order valence-corrected chi connectivity index (χ0v) is 16.1. The maximum atomic E-state index is 12.6. The number of methoxy groups -OCH3 is 1. The predicted molar refractivity (Wildman–Crippen MR) is 106 cm³/mol. The van der Waals surface area contributed by atoms with Crippen molar-refractivity contribution < 1.29 is 19.1 Å². The number of nitrogens with zero attached hydrogens (tertiary/aromatic N) is 1. The van der Waals surface area contributed by atoms with Crippen LogP contribution in [0.2, 0.25) is 0 Å². The summed E-state index contributed by atoms with van der Waals surface area (Å²) in [5.41, 5.74) is 2.75. The van der Waals surface area contributed by atoms with Crippen molar-refractivity contribution in [3.63, 3.8) is 0 Å². The van der Waals surface area contributed by atoms with Gasteiger partial charge >= 0.3 is 5.97 Å². The van der Waals surface area contributed by atoms with Crippen LogP contribution in [0.1, 0.15) is 28.5 Å². The maximum absolute atomic E-state index is 12.6. The average molecular weight is 378 g/mol. The lowest BCUT2D eigenvalue weighted by atomic mass is 10.1. The number of ether oxygens (including phenoxy) is 2. The normalized spacial score (nSPS) is 11.7. The van der Waals surface area contributed by atoms with Crippen molar-refractivity contribution in [1.29, 1.82) is 0 Å². The van der Waals surface area contributed by atoms with Crippen molar-refractivity contribution in [3.8, 4) is 5.75 Å². The summed E-state index contributed by atoms with van der Waals surface area (Å²) in [4.78, 5) is 29.4. The summed E-state index contributed by atoms with van der Waals surface area (Å²) >= 11 is 0. The first-order chi connectivity index (χ1) is 13.5. The highest BCUT2D eigenvalue weighted by atomic mass is 16.5. The van der Waals surface area contributed by atoms with Gasteiger partial charge < -0.3 is 14.8 Å². The number of carbonyl (C=O) groups is 2. The number of carbonyl (C=O) groups excluding carboxylic acids is 2. The predicted octanol–water partition coefficient (Wildman–Crippen LogP) is 3.41. The van der Waals surface area contributed by atoms with E-state index in [0.717, 1.165) is 11.3 Å². The van der Waals surface area contributed by atoms with Gasteiger partial charge in [-0.05, 0) is 43.7 Å². The molecule has 0 bridgehead atoms. The molecule has 0 fully saturated rings. The van der Waals surface area contributed by atoms with Gasteiger partial charge in [0.05, 0.1) is 18.2 Å². The summed E-state index contributed by atoms with van der Waals surface area (Å²) in [5.74, 6) is -0.162. The molecule has 28 heavy (non-hydrogen) atoms. The summed E-state index contributed by atoms with van der Waals surface area (Å²) < 4.78 is 10.5. The fourth-order valence-electron chi connectivity index (χ4n) is 2.83. The molecule has 6 nitrogen and oxygen atoms in total. The van der Waals surface area contributed by atoms with E-state index < -0.39 is 12.1 Å². The van der Waals surface area contributed by atoms with Crippen molar-refractivity contribution in [2.75, 3.05) is 7.11 Å². The molecule has 0 aliphatic heterocycles. The third-order valence-corrected chi connectivity index (χ3v) is 4.34. The molecule has 1 heterocycles. The Morgan fingerprint density at radius 1 is 1.11 bits per heavy atom. The molecule has 0 spiro atoms. The molecule has 0 saturated carbocycles. The molecular formula is C22H22N2O4. The first-order valence-corrected chi connectivity index (χ1v) is 8.96. The second kappa shape index (κ2) is 8.52. The minimum absolute atomic E-state index is 0.335. The summed E-state index contributed by atoms with van der Waals surface area (Å²) in [5, 5.41) is 3.47. The second-order valence-electron chi connectivity index (χ2n) is 6.44. The van der Waals surface area contributed by atoms with Crippen molar-refractivity contribution >= 4 is 22.8 Å². The van der Waals surface area contributed by atoms with Gasteiger partial charge in [0.15, 0.2) is 6.10 Å². The fraction of sp³-hybridized carbons (Fsp3) is 0.227. The molecule has 0 aliphatic carbocycles. The second-order valence-corrected chi connectivity index (χ2v) is 6.44. The molecule has 1 amide bonds. The summed E-state index contributed by atoms with van der Waals surface area (Å²) in [6, 6.07) is 16.4. The zero-order valence-electron chi connectivity index (χ0n) is 16.1. The van der Waals surface area contributed by atoms with E-state index >= 15 is 0 Å². The van der Waals surface area contributed by atoms with Crippen LogP contribution < -0.4 is 10.1 Å². The van der Waals surface area contributed by atoms with Crippen molar-refractivity contribution in [1.82, 2.24) is 10.3 Å². The van der Waals surface area contributed by atoms with Crippen molar-refractivity contribution in [2.45, 2.75) is 26.5 Å². The number of para-hydroxylation sites is 1. The van der Waals surface area contributed by atoms with E-state index in [1.54, 1.807) is 20.1 Å². The van der Waals surface area contributed by atoms with Gasteiger partial charge in [0.25, 0.3) is 5.91 Å². The minimum atomic E-state index is -0.919. The average Bonchev–Trinajstić information content (AvgIpc) is 2.71. The number of rotatable bonds is 6. The van der Waals surface area contributed by atoms with Gasteiger partial charge in [-0.1, -0.05) is 30.3 Å². The van der Waals surface area contributed by atoms with E-state index in [-0.39, 0.29) is 5.91 Å². The van der Waals surface area contributed by atoms with Crippen LogP contribution in [-0.2, 0) is 16.1 Å². The number of amides is 1. The Hall–Kier alpha value is -3.41. The molecule has 6 heteroatoms. The third kappa shape index (κ3) is 4.46. The van der Waals surface area contributed by atoms with Crippen LogP contribution in [0.4, 0.5) is 0 Å². The number of pyridine rings is 1. The highest BCUT2D eigenvalue weighted by Gasteiger charge is 2.20. The zero-order chi connectivity index (χ0) is 20.1. The number of nitrogens with one attached hydrogen (secondary N) is 1. The largest absolute Gasteiger partial charge is 0.497 e. The maximum Gasteiger partial charge on any atom is 0.339 e. The standard InChI is InChI=1S/C22H22N2O4/c1-14-12-19(18-6-4-5-7-20(18)24-14)22(26)28-15(2)21(25)23-13-16-8-10-17(27-3)11-9-16/h4-12,15H,13H2,1-3H3,(H,23,25)/t15-/m1/s1. The van der Waals surface area contributed by atoms with Gasteiger partial charge in [-0.25, -0.2) is 4.79 Å². The number of benzene rings is 2. The topological polar surface area (TPSA) is 77.5 Å². The SMILES string of the molecule is COc1ccc(CNC(=O)[C@@H](C)OC(=O)c2cc(C)nc3ccccc23)cc1. The van der Waals surface area contributed by atoms with Gasteiger partial charge in [0, 0.05) is 17.6 Å². The van der Waals surface area contributed by atoms with E-state index in [1.165, 1.54) is 0 Å². The lowest BCUT2D eigenvalue weighted by Gasteiger charge is -2.15. The summed E-state index contributed by atoms with van der Waals surface area (Å²) in [7, 11) is 1.60. The molecule has 1 aromatic heterocycles. The quantitative estimate of drug-likeness (QED) is 0.665. The summed E-state index contributed by atoms with van der Waals surface area (Å²) in [6.07, 6.45) is -0.919. The van der Waals surface area contributed by atoms with Crippen LogP contribution in [0.5, 0.6) is 5.75 Å². The molecule has 3 aromatic rings. The Labute approximate surface area is 163 Å². The molecule has 2 aromatic carbocycles. The summed E-state index contributed by atoms with van der Waals surface area (Å²) in [6.45, 7) is 3.70. The molecule has 144 valence electrons. The van der Waals surface area contributed by atoms with E-state index in [4.69, 9.17) is 9.47 Å². The monoisotopic (exact) mass is 378 g/mol. The lowest BCUT2D eigenvalue weighted by Crippen LogP contribution is -2.35. The van der Waals surface area contributed by atoms with Gasteiger partial charge in [0.2, 0.25) is 0 Å². The Kier molecular flexibility index (Phi) is 5.89. The molecule has 0 radical (unpaired) electrons. The van der Waals surface area contributed by atoms with Crippen LogP contribution in [0, 0.1) is 6.92 Å². The van der Waals surface area contributed by atoms with Crippen LogP contribution in [0.3, 0.4) is 0 Å². The van der Waals surface area contributed by atoms with Gasteiger partial charge in [-0.2, -0.15) is 0 Å². The fourth-order valence-corrected chi connectivity index (χ4v) is 2.83. The van der Waals surface area contributed by atoms with Crippen molar-refractivity contribution in [3.05, 3.63) is 71.4 Å². The Morgan fingerprint density at radius 3 is 2.54 bits per heavy atom. The molecular weight excluding hydrogens is 356 g/mol. The number of aromatic nitrogens is 1. The highest BCUT2D eigenvalue weighted by molar-refractivity contribution is 6.04. The molecule has 0 saturated heterocycles. The van der Waals surface area contributed by atoms with Crippen LogP contribution >= 0.6 is 0 Å². The van der Waals surface area contributed by atoms with E-state index in [0.29, 0.717) is 28.7 Å². The molecule has 1 N–H and O–H groups in total. The van der Waals surface area contributed by atoms with Gasteiger partial charge in [0.1, 0.15) is 5.75 Å². The van der Waals surface area contributed by atoms with Crippen LogP contribution in [0.25, 0.3) is 10.9 Å². The lowest BCUT2D eigenvalue weighted by molar-refractivity contribution is -0.129. The Morgan fingerprint density at radius 2 is 1.82 bits per heavy atom. The Balaban J connectivity index is 1.64. The van der Waals surface area contributed by atoms with Crippen molar-refractivity contribution in [2.24, 2.45) is 0 Å². The van der Waals surface area contributed by atoms with Crippen LogP contribution in [0.15, 0.2) is 54.6 Å². The molecule has 0 aliphatic rings. The minimum Gasteiger partial charge on any atom is -0.497 e. The highest BCUT2D eigenvalue weighted by Crippen LogP contribution is 2.19. The number of hydrogen-bond donors (Lipinski definition) is 1. The van der Waals surface area contributed by atoms with Gasteiger partial charge in [-0.3, -0.25) is 9.78 Å². The van der Waals surface area contributed by atoms with E-state index in [2.05, 4.69) is 10.3 Å². The number of fused-ring (bicyclic) bond motifs is 1.